The number of sulfonamides is 1. The second-order valence-corrected chi connectivity index (χ2v) is 10.8. The molecular formula is C26H33N5O6S. The van der Waals surface area contributed by atoms with E-state index in [2.05, 4.69) is 4.98 Å². The number of aromatic nitrogens is 2. The molecule has 0 aliphatic carbocycles. The van der Waals surface area contributed by atoms with Crippen LogP contribution in [0, 0.1) is 5.92 Å². The van der Waals surface area contributed by atoms with Crippen LogP contribution in [0.5, 0.6) is 0 Å². The van der Waals surface area contributed by atoms with E-state index in [1.807, 2.05) is 13.8 Å². The van der Waals surface area contributed by atoms with Crippen LogP contribution in [0.4, 0.5) is 17.2 Å². The first kappa shape index (κ1) is 28.7. The topological polar surface area (TPSA) is 148 Å². The van der Waals surface area contributed by atoms with E-state index in [0.717, 1.165) is 4.90 Å². The number of nitrogens with two attached hydrogens (primary N) is 1. The summed E-state index contributed by atoms with van der Waals surface area (Å²) in [6, 6.07) is 14.2. The van der Waals surface area contributed by atoms with Gasteiger partial charge >= 0.3 is 5.69 Å². The lowest BCUT2D eigenvalue weighted by Gasteiger charge is -2.25. The maximum atomic E-state index is 13.7. The summed E-state index contributed by atoms with van der Waals surface area (Å²) >= 11 is 0. The van der Waals surface area contributed by atoms with Crippen molar-refractivity contribution in [2.45, 2.75) is 32.2 Å². The molecule has 0 atom stereocenters. The summed E-state index contributed by atoms with van der Waals surface area (Å²) in [6.07, 6.45) is 0. The number of nitrogens with one attached hydrogen (secondary N) is 1. The molecule has 0 radical (unpaired) electrons. The fraction of sp³-hybridized carbons (Fsp3) is 0.346. The van der Waals surface area contributed by atoms with Crippen LogP contribution < -0.4 is 26.2 Å². The van der Waals surface area contributed by atoms with Crippen molar-refractivity contribution in [1.29, 1.82) is 0 Å². The molecule has 38 heavy (non-hydrogen) atoms. The van der Waals surface area contributed by atoms with Crippen LogP contribution in [0.15, 0.2) is 69.1 Å². The van der Waals surface area contributed by atoms with Crippen molar-refractivity contribution in [3.8, 4) is 0 Å². The lowest BCUT2D eigenvalue weighted by molar-refractivity contribution is 0.0975. The van der Waals surface area contributed by atoms with Crippen LogP contribution in [0.2, 0.25) is 0 Å². The summed E-state index contributed by atoms with van der Waals surface area (Å²) in [5, 5.41) is 0. The monoisotopic (exact) mass is 543 g/mol. The first-order chi connectivity index (χ1) is 18.0. The number of ether oxygens (including phenoxy) is 1. The predicted molar refractivity (Wildman–Crippen MR) is 147 cm³/mol. The zero-order valence-electron chi connectivity index (χ0n) is 21.9. The molecule has 1 aromatic heterocycles. The van der Waals surface area contributed by atoms with Gasteiger partial charge in [0.1, 0.15) is 5.82 Å². The first-order valence-electron chi connectivity index (χ1n) is 12.1. The lowest BCUT2D eigenvalue weighted by Crippen LogP contribution is -2.43. The van der Waals surface area contributed by atoms with Crippen LogP contribution in [0.25, 0.3) is 0 Å². The summed E-state index contributed by atoms with van der Waals surface area (Å²) < 4.78 is 34.6. The number of methoxy groups -OCH3 is 1. The second-order valence-electron chi connectivity index (χ2n) is 8.98. The molecular weight excluding hydrogens is 510 g/mol. The van der Waals surface area contributed by atoms with E-state index in [4.69, 9.17) is 10.5 Å². The molecule has 1 amide bonds. The van der Waals surface area contributed by atoms with Crippen molar-refractivity contribution in [2.75, 3.05) is 41.7 Å². The Labute approximate surface area is 221 Å². The number of carbonyl (C=O) groups is 1. The average molecular weight is 544 g/mol. The van der Waals surface area contributed by atoms with Gasteiger partial charge < -0.3 is 10.5 Å². The van der Waals surface area contributed by atoms with Crippen molar-refractivity contribution < 1.29 is 17.9 Å². The maximum Gasteiger partial charge on any atom is 0.330 e. The highest BCUT2D eigenvalue weighted by Crippen LogP contribution is 2.25. The number of para-hydroxylation sites is 1. The minimum Gasteiger partial charge on any atom is -0.383 e. The summed E-state index contributed by atoms with van der Waals surface area (Å²) in [4.78, 5) is 42.3. The molecule has 0 aliphatic heterocycles. The molecule has 2 aromatic carbocycles. The molecule has 0 spiro atoms. The third-order valence-corrected chi connectivity index (χ3v) is 7.70. The van der Waals surface area contributed by atoms with Crippen LogP contribution in [0.3, 0.4) is 0 Å². The van der Waals surface area contributed by atoms with Crippen LogP contribution >= 0.6 is 0 Å². The fourth-order valence-corrected chi connectivity index (χ4v) is 5.56. The van der Waals surface area contributed by atoms with Gasteiger partial charge in [0.25, 0.3) is 21.5 Å². The van der Waals surface area contributed by atoms with Crippen molar-refractivity contribution in [3.05, 3.63) is 81.0 Å². The van der Waals surface area contributed by atoms with Gasteiger partial charge in [0.2, 0.25) is 0 Å². The molecule has 0 bridgehead atoms. The highest BCUT2D eigenvalue weighted by atomic mass is 32.2. The summed E-state index contributed by atoms with van der Waals surface area (Å²) in [5.74, 6) is -0.805. The number of anilines is 3. The van der Waals surface area contributed by atoms with E-state index in [9.17, 15) is 22.8 Å². The number of hydrogen-bond acceptors (Lipinski definition) is 7. The Morgan fingerprint density at radius 3 is 2.39 bits per heavy atom. The molecule has 3 N–H and O–H groups in total. The van der Waals surface area contributed by atoms with E-state index in [1.54, 1.807) is 37.3 Å². The quantitative estimate of drug-likeness (QED) is 0.377. The Balaban J connectivity index is 2.10. The number of nitrogens with zero attached hydrogens (tertiary/aromatic N) is 3. The molecule has 11 nitrogen and oxygen atoms in total. The number of aromatic amines is 1. The van der Waals surface area contributed by atoms with Gasteiger partial charge in [-0.05, 0) is 43.2 Å². The van der Waals surface area contributed by atoms with E-state index < -0.39 is 27.2 Å². The fourth-order valence-electron chi connectivity index (χ4n) is 4.04. The van der Waals surface area contributed by atoms with Crippen molar-refractivity contribution >= 4 is 33.1 Å². The largest absolute Gasteiger partial charge is 0.383 e. The third kappa shape index (κ3) is 5.97. The highest BCUT2D eigenvalue weighted by Gasteiger charge is 2.28. The summed E-state index contributed by atoms with van der Waals surface area (Å²) in [7, 11) is -2.57. The standard InChI is InChI=1S/C26H33N5O6S/c1-5-31(20-11-7-6-8-12-20)38(35,36)21-13-9-10-19(16-21)25(33)29(14-15-37-4)22-23(27)30(17-18(2)3)26(34)28-24(22)32/h6-13,16,18H,5,14-15,17,27H2,1-4H3,(H,28,32,34). The number of H-pyrrole nitrogens is 1. The summed E-state index contributed by atoms with van der Waals surface area (Å²) in [6.45, 7) is 5.87. The van der Waals surface area contributed by atoms with Crippen LogP contribution in [-0.4, -0.2) is 50.7 Å². The molecule has 0 fully saturated rings. The normalized spacial score (nSPS) is 11.5. The van der Waals surface area contributed by atoms with E-state index in [-0.39, 0.29) is 54.1 Å². The number of carbonyl (C=O) groups excluding carboxylic acids is 1. The molecule has 1 heterocycles. The molecule has 0 aliphatic rings. The Hall–Kier alpha value is -3.90. The second kappa shape index (κ2) is 12.1. The van der Waals surface area contributed by atoms with Gasteiger partial charge in [-0.15, -0.1) is 0 Å². The van der Waals surface area contributed by atoms with Gasteiger partial charge in [0.15, 0.2) is 5.69 Å². The molecule has 0 unspecified atom stereocenters. The van der Waals surface area contributed by atoms with Crippen molar-refractivity contribution in [3.63, 3.8) is 0 Å². The number of benzene rings is 2. The summed E-state index contributed by atoms with van der Waals surface area (Å²) in [5.41, 5.74) is 5.03. The number of rotatable bonds is 11. The average Bonchev–Trinajstić information content (AvgIpc) is 2.89. The Bertz CT molecular complexity index is 1500. The number of hydrogen-bond donors (Lipinski definition) is 2. The zero-order chi connectivity index (χ0) is 28.0. The van der Waals surface area contributed by atoms with Gasteiger partial charge in [0.05, 0.1) is 17.2 Å². The van der Waals surface area contributed by atoms with Crippen molar-refractivity contribution in [1.82, 2.24) is 9.55 Å². The number of nitrogen functional groups attached to an aromatic ring is 1. The Morgan fingerprint density at radius 1 is 1.11 bits per heavy atom. The first-order valence-corrected chi connectivity index (χ1v) is 13.6. The maximum absolute atomic E-state index is 13.7. The smallest absolute Gasteiger partial charge is 0.330 e. The van der Waals surface area contributed by atoms with E-state index in [0.29, 0.717) is 5.69 Å². The van der Waals surface area contributed by atoms with Gasteiger partial charge in [0, 0.05) is 32.3 Å². The minimum absolute atomic E-state index is 0.0201. The molecule has 0 saturated heterocycles. The Morgan fingerprint density at radius 2 is 1.79 bits per heavy atom. The zero-order valence-corrected chi connectivity index (χ0v) is 22.7. The van der Waals surface area contributed by atoms with Gasteiger partial charge in [-0.3, -0.25) is 28.3 Å². The minimum atomic E-state index is -4.01. The molecule has 3 rings (SSSR count). The van der Waals surface area contributed by atoms with Gasteiger partial charge in [-0.25, -0.2) is 13.2 Å². The van der Waals surface area contributed by atoms with Gasteiger partial charge in [-0.2, -0.15) is 0 Å². The molecule has 204 valence electrons. The highest BCUT2D eigenvalue weighted by molar-refractivity contribution is 7.92. The molecule has 12 heteroatoms. The van der Waals surface area contributed by atoms with Crippen LogP contribution in [0.1, 0.15) is 31.1 Å². The lowest BCUT2D eigenvalue weighted by atomic mass is 10.2. The molecule has 0 saturated carbocycles. The van der Waals surface area contributed by atoms with Crippen molar-refractivity contribution in [2.24, 2.45) is 5.92 Å². The SMILES string of the molecule is CCN(c1ccccc1)S(=O)(=O)c1cccc(C(=O)N(CCOC)c2c(N)n(CC(C)C)c(=O)[nH]c2=O)c1. The van der Waals surface area contributed by atoms with Gasteiger partial charge in [-0.1, -0.05) is 38.1 Å². The molecule has 3 aromatic rings. The van der Waals surface area contributed by atoms with E-state index >= 15 is 0 Å². The van der Waals surface area contributed by atoms with E-state index in [1.165, 1.54) is 40.2 Å². The van der Waals surface area contributed by atoms with Crippen LogP contribution in [-0.2, 0) is 21.3 Å². The Kier molecular flexibility index (Phi) is 9.13. The number of amides is 1. The predicted octanol–water partition coefficient (Wildman–Crippen LogP) is 2.28. The third-order valence-electron chi connectivity index (χ3n) is 5.80.